The number of amides is 2. The molecule has 4 aromatic rings. The number of nitrogens with one attached hydrogen (secondary N) is 1. The van der Waals surface area contributed by atoms with Crippen LogP contribution in [0.25, 0.3) is 11.4 Å². The molecule has 1 saturated heterocycles. The zero-order valence-corrected chi connectivity index (χ0v) is 27.1. The largest absolute Gasteiger partial charge is 0.505 e. The summed E-state index contributed by atoms with van der Waals surface area (Å²) in [6, 6.07) is 11.0. The van der Waals surface area contributed by atoms with Crippen LogP contribution in [0.4, 0.5) is 5.69 Å². The number of likely N-dealkylation sites (tertiary alicyclic amines) is 1. The Balaban J connectivity index is 1.13. The third-order valence-corrected chi connectivity index (χ3v) is 11.2. The van der Waals surface area contributed by atoms with Crippen molar-refractivity contribution < 1.29 is 19.4 Å². The van der Waals surface area contributed by atoms with E-state index in [1.807, 2.05) is 22.8 Å². The summed E-state index contributed by atoms with van der Waals surface area (Å²) in [6.45, 7) is 1.81. The number of aromatic nitrogens is 5. The number of carbonyl (C=O) groups is 2. The van der Waals surface area contributed by atoms with Crippen molar-refractivity contribution in [2.75, 3.05) is 31.6 Å². The van der Waals surface area contributed by atoms with Gasteiger partial charge in [-0.2, -0.15) is 9.50 Å². The van der Waals surface area contributed by atoms with Crippen molar-refractivity contribution in [1.29, 1.82) is 0 Å². The number of hydrogen-bond donors (Lipinski definition) is 2. The number of nitrogens with zero attached hydrogens (tertiary/aromatic N) is 6. The third-order valence-electron chi connectivity index (χ3n) is 10.3. The fourth-order valence-corrected chi connectivity index (χ4v) is 7.75. The smallest absolute Gasteiger partial charge is 0.279 e. The molecule has 47 heavy (non-hydrogen) atoms. The molecule has 12 nitrogen and oxygen atoms in total. The highest BCUT2D eigenvalue weighted by Gasteiger charge is 2.46. The van der Waals surface area contributed by atoms with Gasteiger partial charge in [-0.25, -0.2) is 4.98 Å². The van der Waals surface area contributed by atoms with E-state index >= 15 is 0 Å². The fraction of sp³-hybridized carbons (Fsp3) is 0.412. The monoisotopic (exact) mass is 653 g/mol. The number of rotatable bonds is 6. The standard InChI is InChI=1S/C34H36N7O5P/c42-25-2-1-15-35-28(25)31(45)39-16-13-33(14-17-39)10-7-24-27(33)30(44)41-32(37-29(38-41)21-8-18-46-19-9-21)40(24)20-26(43)36-23-5-3-22(4-6-23)34(47)11-12-34/h1-6,8,15,42H,7,9-14,16-20,47H2,(H,36,43). The van der Waals surface area contributed by atoms with Crippen molar-refractivity contribution in [3.8, 4) is 5.75 Å². The Morgan fingerprint density at radius 2 is 1.83 bits per heavy atom. The third kappa shape index (κ3) is 5.23. The van der Waals surface area contributed by atoms with Crippen LogP contribution in [0.1, 0.15) is 71.7 Å². The van der Waals surface area contributed by atoms with E-state index in [0.717, 1.165) is 30.5 Å². The van der Waals surface area contributed by atoms with Crippen LogP contribution in [0.15, 0.2) is 53.5 Å². The zero-order valence-electron chi connectivity index (χ0n) is 25.9. The van der Waals surface area contributed by atoms with E-state index in [1.165, 1.54) is 22.3 Å². The molecule has 8 rings (SSSR count). The summed E-state index contributed by atoms with van der Waals surface area (Å²) < 4.78 is 8.69. The normalized spacial score (nSPS) is 19.4. The van der Waals surface area contributed by atoms with E-state index in [0.29, 0.717) is 74.8 Å². The van der Waals surface area contributed by atoms with Gasteiger partial charge in [0.25, 0.3) is 11.5 Å². The van der Waals surface area contributed by atoms with Crippen LogP contribution in [-0.2, 0) is 33.1 Å². The molecule has 5 heterocycles. The second-order valence-corrected chi connectivity index (χ2v) is 14.2. The number of anilines is 1. The van der Waals surface area contributed by atoms with Crippen LogP contribution < -0.4 is 10.9 Å². The first kappa shape index (κ1) is 30.0. The van der Waals surface area contributed by atoms with Gasteiger partial charge >= 0.3 is 0 Å². The topological polar surface area (TPSA) is 144 Å². The summed E-state index contributed by atoms with van der Waals surface area (Å²) in [5, 5.41) is 18.1. The Hall–Kier alpha value is -4.41. The lowest BCUT2D eigenvalue weighted by molar-refractivity contribution is -0.116. The molecule has 4 aliphatic rings. The van der Waals surface area contributed by atoms with Gasteiger partial charge in [-0.05, 0) is 80.3 Å². The van der Waals surface area contributed by atoms with E-state index in [9.17, 15) is 19.5 Å². The zero-order chi connectivity index (χ0) is 32.3. The number of ether oxygens (including phenoxy) is 1. The van der Waals surface area contributed by atoms with Crippen LogP contribution in [-0.4, -0.2) is 72.3 Å². The van der Waals surface area contributed by atoms with Gasteiger partial charge in [0.2, 0.25) is 11.7 Å². The van der Waals surface area contributed by atoms with Gasteiger partial charge in [-0.1, -0.05) is 18.2 Å². The Morgan fingerprint density at radius 3 is 2.53 bits per heavy atom. The molecule has 242 valence electrons. The Bertz CT molecular complexity index is 2010. The minimum atomic E-state index is -0.474. The molecule has 3 aromatic heterocycles. The molecule has 0 radical (unpaired) electrons. The van der Waals surface area contributed by atoms with Gasteiger partial charge in [-0.3, -0.25) is 14.4 Å². The lowest BCUT2D eigenvalue weighted by Gasteiger charge is -2.39. The van der Waals surface area contributed by atoms with E-state index in [-0.39, 0.29) is 40.5 Å². The predicted octanol–water partition coefficient (Wildman–Crippen LogP) is 3.42. The number of benzene rings is 1. The SMILES string of the molecule is O=C(Cn1c2c(c(=O)n3nc(C4=CCOCC4)nc13)C1(CC2)CCN(C(=O)c2ncccc2O)CC1)Nc1ccc(C2(P)CC2)cc1. The molecule has 1 unspecified atom stereocenters. The first-order chi connectivity index (χ1) is 22.7. The van der Waals surface area contributed by atoms with E-state index in [1.54, 1.807) is 11.0 Å². The Kier molecular flexibility index (Phi) is 7.25. The molecule has 13 heteroatoms. The van der Waals surface area contributed by atoms with Crippen molar-refractivity contribution in [3.63, 3.8) is 0 Å². The molecule has 2 fully saturated rings. The molecule has 0 bridgehead atoms. The van der Waals surface area contributed by atoms with Crippen molar-refractivity contribution in [2.45, 2.75) is 62.1 Å². The van der Waals surface area contributed by atoms with Gasteiger partial charge in [-0.15, -0.1) is 14.3 Å². The second kappa shape index (κ2) is 11.4. The minimum Gasteiger partial charge on any atom is -0.505 e. The van der Waals surface area contributed by atoms with Gasteiger partial charge in [0.15, 0.2) is 11.5 Å². The molecule has 2 amide bonds. The predicted molar refractivity (Wildman–Crippen MR) is 177 cm³/mol. The van der Waals surface area contributed by atoms with Crippen LogP contribution >= 0.6 is 9.24 Å². The van der Waals surface area contributed by atoms with Crippen molar-refractivity contribution in [1.82, 2.24) is 29.0 Å². The number of aromatic hydroxyl groups is 1. The van der Waals surface area contributed by atoms with Crippen LogP contribution in [0, 0.1) is 0 Å². The quantitative estimate of drug-likeness (QED) is 0.302. The Labute approximate surface area is 273 Å². The Morgan fingerprint density at radius 1 is 1.04 bits per heavy atom. The van der Waals surface area contributed by atoms with Crippen LogP contribution in [0.5, 0.6) is 5.75 Å². The number of hydrogen-bond acceptors (Lipinski definition) is 8. The fourth-order valence-electron chi connectivity index (χ4n) is 7.41. The summed E-state index contributed by atoms with van der Waals surface area (Å²) in [5.74, 6) is 0.111. The molecule has 1 saturated carbocycles. The highest BCUT2D eigenvalue weighted by atomic mass is 31.0. The maximum Gasteiger partial charge on any atom is 0.279 e. The molecule has 2 N–H and O–H groups in total. The van der Waals surface area contributed by atoms with Crippen LogP contribution in [0.3, 0.4) is 0 Å². The first-order valence-corrected chi connectivity index (χ1v) is 16.8. The molecular weight excluding hydrogens is 617 g/mol. The van der Waals surface area contributed by atoms with E-state index in [4.69, 9.17) is 9.72 Å². The number of piperidine rings is 1. The highest BCUT2D eigenvalue weighted by Crippen LogP contribution is 2.54. The summed E-state index contributed by atoms with van der Waals surface area (Å²) in [4.78, 5) is 51.7. The lowest BCUT2D eigenvalue weighted by Crippen LogP contribution is -2.46. The number of pyridine rings is 1. The summed E-state index contributed by atoms with van der Waals surface area (Å²) >= 11 is 0. The molecule has 1 atom stereocenters. The number of carbonyl (C=O) groups excluding carboxylic acids is 2. The lowest BCUT2D eigenvalue weighted by atomic mass is 9.74. The molecule has 2 aliphatic carbocycles. The summed E-state index contributed by atoms with van der Waals surface area (Å²) in [6.07, 6.45) is 8.81. The first-order valence-electron chi connectivity index (χ1n) is 16.2. The minimum absolute atomic E-state index is 0.0261. The van der Waals surface area contributed by atoms with Gasteiger partial charge in [0.05, 0.1) is 13.2 Å². The van der Waals surface area contributed by atoms with Crippen molar-refractivity contribution >= 4 is 38.1 Å². The number of fused-ring (bicyclic) bond motifs is 3. The van der Waals surface area contributed by atoms with Gasteiger partial charge in [0.1, 0.15) is 12.3 Å². The average Bonchev–Trinajstić information content (AvgIpc) is 3.51. The molecule has 1 aromatic carbocycles. The van der Waals surface area contributed by atoms with Crippen LogP contribution in [0.2, 0.25) is 0 Å². The van der Waals surface area contributed by atoms with E-state index < -0.39 is 5.41 Å². The van der Waals surface area contributed by atoms with Gasteiger partial charge < -0.3 is 24.6 Å². The molecule has 1 spiro atoms. The second-order valence-electron chi connectivity index (χ2n) is 13.1. The average molecular weight is 654 g/mol. The van der Waals surface area contributed by atoms with Crippen molar-refractivity contribution in [2.24, 2.45) is 0 Å². The van der Waals surface area contributed by atoms with Gasteiger partial charge in [0, 0.05) is 46.8 Å². The molecule has 2 aliphatic heterocycles. The van der Waals surface area contributed by atoms with E-state index in [2.05, 4.69) is 36.8 Å². The van der Waals surface area contributed by atoms with Crippen molar-refractivity contribution in [3.05, 3.63) is 87.4 Å². The summed E-state index contributed by atoms with van der Waals surface area (Å²) in [7, 11) is 2.94. The molecular formula is C34H36N7O5P. The maximum atomic E-state index is 14.3. The summed E-state index contributed by atoms with van der Waals surface area (Å²) in [5.41, 5.74) is 3.66. The highest BCUT2D eigenvalue weighted by molar-refractivity contribution is 7.19. The maximum absolute atomic E-state index is 14.3.